The summed E-state index contributed by atoms with van der Waals surface area (Å²) >= 11 is 0. The van der Waals surface area contributed by atoms with E-state index in [0.717, 1.165) is 39.3 Å². The van der Waals surface area contributed by atoms with Crippen LogP contribution in [-0.2, 0) is 0 Å². The predicted octanol–water partition coefficient (Wildman–Crippen LogP) is 11.3. The number of anilines is 3. The van der Waals surface area contributed by atoms with Crippen molar-refractivity contribution < 1.29 is 4.42 Å². The lowest BCUT2D eigenvalue weighted by atomic mass is 10.0. The van der Waals surface area contributed by atoms with Gasteiger partial charge in [0.25, 0.3) is 0 Å². The van der Waals surface area contributed by atoms with Gasteiger partial charge in [-0.05, 0) is 83.6 Å². The van der Waals surface area contributed by atoms with Crippen LogP contribution in [0.5, 0.6) is 0 Å². The lowest BCUT2D eigenvalue weighted by molar-refractivity contribution is 0.669. The van der Waals surface area contributed by atoms with Gasteiger partial charge in [0.1, 0.15) is 11.2 Å². The minimum absolute atomic E-state index is 0.918. The van der Waals surface area contributed by atoms with Crippen LogP contribution in [0.2, 0.25) is 0 Å². The first-order valence-electron chi connectivity index (χ1n) is 14.6. The third kappa shape index (κ3) is 3.68. The highest BCUT2D eigenvalue weighted by Gasteiger charge is 2.18. The van der Waals surface area contributed by atoms with Gasteiger partial charge < -0.3 is 13.9 Å². The van der Waals surface area contributed by atoms with Gasteiger partial charge in [0.15, 0.2) is 0 Å². The summed E-state index contributed by atoms with van der Waals surface area (Å²) in [6.07, 6.45) is 0. The van der Waals surface area contributed by atoms with Gasteiger partial charge in [-0.2, -0.15) is 0 Å². The van der Waals surface area contributed by atoms with Crippen molar-refractivity contribution >= 4 is 71.6 Å². The molecule has 0 aliphatic carbocycles. The first-order valence-corrected chi connectivity index (χ1v) is 14.6. The van der Waals surface area contributed by atoms with Crippen molar-refractivity contribution in [3.63, 3.8) is 0 Å². The number of hydrogen-bond donors (Lipinski definition) is 0. The average Bonchev–Trinajstić information content (AvgIpc) is 3.62. The van der Waals surface area contributed by atoms with Crippen molar-refractivity contribution in [1.29, 1.82) is 0 Å². The molecule has 0 saturated carbocycles. The zero-order valence-corrected chi connectivity index (χ0v) is 23.3. The Bertz CT molecular complexity index is 2450. The number of aromatic nitrogens is 1. The Hall–Kier alpha value is -5.80. The quantitative estimate of drug-likeness (QED) is 0.217. The number of nitrogens with zero attached hydrogens (tertiary/aromatic N) is 2. The van der Waals surface area contributed by atoms with Crippen LogP contribution in [0.4, 0.5) is 17.1 Å². The number of rotatable bonds is 4. The van der Waals surface area contributed by atoms with E-state index in [-0.39, 0.29) is 0 Å². The lowest BCUT2D eigenvalue weighted by Gasteiger charge is -2.26. The maximum Gasteiger partial charge on any atom is 0.136 e. The van der Waals surface area contributed by atoms with E-state index in [1.165, 1.54) is 38.0 Å². The largest absolute Gasteiger partial charge is 0.456 e. The van der Waals surface area contributed by atoms with Crippen LogP contribution >= 0.6 is 0 Å². The molecule has 0 aliphatic heterocycles. The van der Waals surface area contributed by atoms with Crippen LogP contribution in [0, 0.1) is 0 Å². The minimum atomic E-state index is 0.918. The number of para-hydroxylation sites is 4. The van der Waals surface area contributed by atoms with Crippen LogP contribution in [-0.4, -0.2) is 4.57 Å². The molecule has 2 aromatic heterocycles. The van der Waals surface area contributed by atoms with Crippen molar-refractivity contribution in [3.8, 4) is 5.69 Å². The van der Waals surface area contributed by atoms with Gasteiger partial charge in [-0.15, -0.1) is 0 Å². The molecular weight excluding hydrogens is 524 g/mol. The van der Waals surface area contributed by atoms with Gasteiger partial charge in [0.05, 0.1) is 11.0 Å². The third-order valence-corrected chi connectivity index (χ3v) is 8.54. The first kappa shape index (κ1) is 23.9. The van der Waals surface area contributed by atoms with Crippen molar-refractivity contribution in [2.45, 2.75) is 0 Å². The highest BCUT2D eigenvalue weighted by Crippen LogP contribution is 2.42. The molecule has 202 valence electrons. The van der Waals surface area contributed by atoms with Gasteiger partial charge in [-0.3, -0.25) is 0 Å². The van der Waals surface area contributed by atoms with Crippen LogP contribution in [0.3, 0.4) is 0 Å². The molecule has 0 atom stereocenters. The highest BCUT2D eigenvalue weighted by molar-refractivity contribution is 6.19. The molecule has 3 heteroatoms. The Morgan fingerprint density at radius 1 is 0.419 bits per heavy atom. The Kier molecular flexibility index (Phi) is 5.20. The average molecular weight is 551 g/mol. The molecule has 0 bridgehead atoms. The second-order valence-electron chi connectivity index (χ2n) is 11.0. The molecule has 0 aliphatic rings. The summed E-state index contributed by atoms with van der Waals surface area (Å²) in [4.78, 5) is 2.35. The zero-order valence-electron chi connectivity index (χ0n) is 23.3. The van der Waals surface area contributed by atoms with Gasteiger partial charge in [-0.1, -0.05) is 84.9 Å². The molecule has 43 heavy (non-hydrogen) atoms. The molecule has 0 N–H and O–H groups in total. The van der Waals surface area contributed by atoms with Crippen LogP contribution in [0.15, 0.2) is 162 Å². The monoisotopic (exact) mass is 550 g/mol. The zero-order chi connectivity index (χ0) is 28.3. The smallest absolute Gasteiger partial charge is 0.136 e. The second-order valence-corrected chi connectivity index (χ2v) is 11.0. The van der Waals surface area contributed by atoms with E-state index in [4.69, 9.17) is 4.42 Å². The lowest BCUT2D eigenvalue weighted by Crippen LogP contribution is -2.09. The Labute approximate surface area is 248 Å². The summed E-state index contributed by atoms with van der Waals surface area (Å²) in [6, 6.07) is 56.1. The van der Waals surface area contributed by atoms with Crippen LogP contribution in [0.1, 0.15) is 0 Å². The topological polar surface area (TPSA) is 21.3 Å². The van der Waals surface area contributed by atoms with E-state index in [0.29, 0.717) is 0 Å². The SMILES string of the molecule is c1ccc(N(c2ccc3c(ccc4oc5ccccc5c43)c2)c2ccc3c(c2)c2ccccc2n3-c2ccccc2)cc1. The van der Waals surface area contributed by atoms with E-state index in [1.807, 2.05) is 12.1 Å². The standard InChI is InChI=1S/C40H26N2O/c1-3-11-28(12-4-1)41(30-20-22-32-27(25-30)19-24-39-40(32)34-16-8-10-18-38(34)43-39)31-21-23-37-35(26-31)33-15-7-9-17-36(33)42(37)29-13-5-2-6-14-29/h1-26H. The number of hydrogen-bond acceptors (Lipinski definition) is 2. The molecule has 9 aromatic rings. The van der Waals surface area contributed by atoms with Crippen molar-refractivity contribution in [3.05, 3.63) is 158 Å². The number of benzene rings is 7. The molecule has 0 radical (unpaired) electrons. The van der Waals surface area contributed by atoms with E-state index >= 15 is 0 Å². The predicted molar refractivity (Wildman–Crippen MR) is 180 cm³/mol. The molecule has 9 rings (SSSR count). The van der Waals surface area contributed by atoms with Crippen LogP contribution in [0.25, 0.3) is 60.2 Å². The molecule has 3 nitrogen and oxygen atoms in total. The van der Waals surface area contributed by atoms with Gasteiger partial charge in [0, 0.05) is 44.3 Å². The van der Waals surface area contributed by atoms with E-state index in [1.54, 1.807) is 0 Å². The van der Waals surface area contributed by atoms with Gasteiger partial charge >= 0.3 is 0 Å². The van der Waals surface area contributed by atoms with E-state index in [2.05, 4.69) is 155 Å². The van der Waals surface area contributed by atoms with Crippen molar-refractivity contribution in [2.24, 2.45) is 0 Å². The van der Waals surface area contributed by atoms with E-state index < -0.39 is 0 Å². The summed E-state index contributed by atoms with van der Waals surface area (Å²) < 4.78 is 8.53. The highest BCUT2D eigenvalue weighted by atomic mass is 16.3. The van der Waals surface area contributed by atoms with Crippen molar-refractivity contribution in [1.82, 2.24) is 4.57 Å². The Balaban J connectivity index is 1.27. The summed E-state index contributed by atoms with van der Waals surface area (Å²) in [5.74, 6) is 0. The fourth-order valence-electron chi connectivity index (χ4n) is 6.66. The molecule has 0 spiro atoms. The molecule has 0 unspecified atom stereocenters. The normalized spacial score (nSPS) is 11.7. The summed E-state index contributed by atoms with van der Waals surface area (Å²) in [5.41, 5.74) is 8.73. The maximum atomic E-state index is 6.17. The summed E-state index contributed by atoms with van der Waals surface area (Å²) in [6.45, 7) is 0. The molecule has 2 heterocycles. The maximum absolute atomic E-state index is 6.17. The first-order chi connectivity index (χ1) is 21.3. The minimum Gasteiger partial charge on any atom is -0.456 e. The van der Waals surface area contributed by atoms with Gasteiger partial charge in [0.2, 0.25) is 0 Å². The Morgan fingerprint density at radius 3 is 1.95 bits per heavy atom. The molecule has 0 saturated heterocycles. The van der Waals surface area contributed by atoms with Crippen LogP contribution < -0.4 is 4.90 Å². The second kappa shape index (κ2) is 9.37. The molecule has 7 aromatic carbocycles. The molecular formula is C40H26N2O. The summed E-state index contributed by atoms with van der Waals surface area (Å²) in [7, 11) is 0. The summed E-state index contributed by atoms with van der Waals surface area (Å²) in [5, 5.41) is 7.16. The number of furan rings is 1. The number of fused-ring (bicyclic) bond motifs is 8. The Morgan fingerprint density at radius 2 is 1.09 bits per heavy atom. The third-order valence-electron chi connectivity index (χ3n) is 8.54. The van der Waals surface area contributed by atoms with Gasteiger partial charge in [-0.25, -0.2) is 0 Å². The molecule has 0 amide bonds. The van der Waals surface area contributed by atoms with E-state index in [9.17, 15) is 0 Å². The fourth-order valence-corrected chi connectivity index (χ4v) is 6.66. The van der Waals surface area contributed by atoms with Crippen molar-refractivity contribution in [2.75, 3.05) is 4.90 Å². The fraction of sp³-hybridized carbons (Fsp3) is 0. The molecule has 0 fully saturated rings.